The largest absolute Gasteiger partial charge is 0.505 e. The summed E-state index contributed by atoms with van der Waals surface area (Å²) in [6.45, 7) is 2.92. The van der Waals surface area contributed by atoms with E-state index in [0.29, 0.717) is 0 Å². The molecule has 0 bridgehead atoms. The van der Waals surface area contributed by atoms with Gasteiger partial charge in [-0.25, -0.2) is 4.39 Å². The monoisotopic (exact) mass is 220 g/mol. The zero-order valence-corrected chi connectivity index (χ0v) is 9.02. The molecular formula is C12H13FN2O. The number of rotatable bonds is 3. The van der Waals surface area contributed by atoms with E-state index in [4.69, 9.17) is 5.11 Å². The van der Waals surface area contributed by atoms with E-state index in [9.17, 15) is 4.39 Å². The summed E-state index contributed by atoms with van der Waals surface area (Å²) in [5.41, 5.74) is 1.57. The third kappa shape index (κ3) is 2.05. The molecule has 3 nitrogen and oxygen atoms in total. The van der Waals surface area contributed by atoms with Crippen molar-refractivity contribution in [3.05, 3.63) is 36.4 Å². The Morgan fingerprint density at radius 1 is 1.38 bits per heavy atom. The minimum atomic E-state index is -0.610. The van der Waals surface area contributed by atoms with Gasteiger partial charge in [0.1, 0.15) is 0 Å². The van der Waals surface area contributed by atoms with Gasteiger partial charge in [0.15, 0.2) is 11.6 Å². The first-order chi connectivity index (χ1) is 7.70. The van der Waals surface area contributed by atoms with Crippen molar-refractivity contribution in [2.45, 2.75) is 19.9 Å². The molecule has 0 spiro atoms. The van der Waals surface area contributed by atoms with Crippen molar-refractivity contribution in [1.29, 1.82) is 0 Å². The van der Waals surface area contributed by atoms with Crippen molar-refractivity contribution in [2.75, 3.05) is 0 Å². The van der Waals surface area contributed by atoms with Gasteiger partial charge in [-0.1, -0.05) is 13.0 Å². The van der Waals surface area contributed by atoms with Gasteiger partial charge in [-0.05, 0) is 24.1 Å². The second-order valence-electron chi connectivity index (χ2n) is 3.66. The zero-order chi connectivity index (χ0) is 11.5. The van der Waals surface area contributed by atoms with E-state index in [0.717, 1.165) is 24.1 Å². The first kappa shape index (κ1) is 10.7. The molecule has 1 N–H and O–H groups in total. The molecule has 0 atom stereocenters. The first-order valence-corrected chi connectivity index (χ1v) is 5.22. The Labute approximate surface area is 93.2 Å². The number of halogens is 1. The van der Waals surface area contributed by atoms with Crippen molar-refractivity contribution in [3.8, 4) is 16.9 Å². The summed E-state index contributed by atoms with van der Waals surface area (Å²) in [5.74, 6) is -0.939. The number of hydrogen-bond donors (Lipinski definition) is 1. The molecule has 84 valence electrons. The number of aromatic hydroxyl groups is 1. The van der Waals surface area contributed by atoms with Crippen LogP contribution in [0.5, 0.6) is 5.75 Å². The van der Waals surface area contributed by atoms with Crippen LogP contribution in [-0.4, -0.2) is 14.9 Å². The summed E-state index contributed by atoms with van der Waals surface area (Å²) in [4.78, 5) is 0. The van der Waals surface area contributed by atoms with Gasteiger partial charge >= 0.3 is 0 Å². The third-order valence-corrected chi connectivity index (χ3v) is 2.37. The molecule has 0 aliphatic rings. The molecule has 0 amide bonds. The van der Waals surface area contributed by atoms with Crippen LogP contribution in [0.2, 0.25) is 0 Å². The molecule has 0 saturated heterocycles. The lowest BCUT2D eigenvalue weighted by Crippen LogP contribution is -1.95. The van der Waals surface area contributed by atoms with Crippen LogP contribution < -0.4 is 0 Å². The summed E-state index contributed by atoms with van der Waals surface area (Å²) in [6, 6.07) is 4.33. The van der Waals surface area contributed by atoms with Crippen molar-refractivity contribution in [3.63, 3.8) is 0 Å². The minimum Gasteiger partial charge on any atom is -0.505 e. The molecule has 0 unspecified atom stereocenters. The van der Waals surface area contributed by atoms with E-state index in [-0.39, 0.29) is 5.75 Å². The lowest BCUT2D eigenvalue weighted by atomic mass is 10.1. The lowest BCUT2D eigenvalue weighted by molar-refractivity contribution is 0.432. The normalized spacial score (nSPS) is 10.6. The highest BCUT2D eigenvalue weighted by atomic mass is 19.1. The summed E-state index contributed by atoms with van der Waals surface area (Å²) >= 11 is 0. The molecule has 1 aromatic heterocycles. The van der Waals surface area contributed by atoms with Crippen LogP contribution in [0.1, 0.15) is 13.3 Å². The highest BCUT2D eigenvalue weighted by Gasteiger charge is 2.05. The highest BCUT2D eigenvalue weighted by Crippen LogP contribution is 2.24. The van der Waals surface area contributed by atoms with Crippen molar-refractivity contribution in [2.24, 2.45) is 0 Å². The van der Waals surface area contributed by atoms with Crippen LogP contribution in [0.3, 0.4) is 0 Å². The molecule has 0 radical (unpaired) electrons. The van der Waals surface area contributed by atoms with Crippen LogP contribution in [0, 0.1) is 5.82 Å². The van der Waals surface area contributed by atoms with Gasteiger partial charge in [0.25, 0.3) is 0 Å². The maximum atomic E-state index is 13.1. The molecule has 1 aromatic carbocycles. The predicted octanol–water partition coefficient (Wildman–Crippen LogP) is 2.80. The molecule has 0 fully saturated rings. The van der Waals surface area contributed by atoms with E-state index in [2.05, 4.69) is 12.0 Å². The average molecular weight is 220 g/mol. The second-order valence-corrected chi connectivity index (χ2v) is 3.66. The van der Waals surface area contributed by atoms with E-state index < -0.39 is 5.82 Å². The SMILES string of the molecule is CCCn1cc(-c2ccc(O)c(F)c2)cn1. The molecule has 4 heteroatoms. The highest BCUT2D eigenvalue weighted by molar-refractivity contribution is 5.62. The van der Waals surface area contributed by atoms with Gasteiger partial charge in [0, 0.05) is 18.3 Å². The third-order valence-electron chi connectivity index (χ3n) is 2.37. The summed E-state index contributed by atoms with van der Waals surface area (Å²) in [6.07, 6.45) is 4.57. The minimum absolute atomic E-state index is 0.329. The Morgan fingerprint density at radius 2 is 2.19 bits per heavy atom. The molecule has 0 saturated carbocycles. The predicted molar refractivity (Wildman–Crippen MR) is 59.6 cm³/mol. The Morgan fingerprint density at radius 3 is 2.88 bits per heavy atom. The van der Waals surface area contributed by atoms with E-state index in [1.165, 1.54) is 12.1 Å². The fourth-order valence-electron chi connectivity index (χ4n) is 1.55. The van der Waals surface area contributed by atoms with Gasteiger partial charge in [-0.3, -0.25) is 4.68 Å². The van der Waals surface area contributed by atoms with E-state index in [1.807, 2.05) is 10.9 Å². The standard InChI is InChI=1S/C12H13FN2O/c1-2-5-15-8-10(7-14-15)9-3-4-12(16)11(13)6-9/h3-4,6-8,16H,2,5H2,1H3. The lowest BCUT2D eigenvalue weighted by Gasteiger charge is -1.99. The molecule has 16 heavy (non-hydrogen) atoms. The van der Waals surface area contributed by atoms with Gasteiger partial charge in [-0.2, -0.15) is 5.10 Å². The number of aryl methyl sites for hydroxylation is 1. The fraction of sp³-hybridized carbons (Fsp3) is 0.250. The van der Waals surface area contributed by atoms with Crippen molar-refractivity contribution in [1.82, 2.24) is 9.78 Å². The average Bonchev–Trinajstić information content (AvgIpc) is 2.71. The van der Waals surface area contributed by atoms with Crippen molar-refractivity contribution < 1.29 is 9.50 Å². The summed E-state index contributed by atoms with van der Waals surface area (Å²) < 4.78 is 15.0. The van der Waals surface area contributed by atoms with Crippen LogP contribution in [0.15, 0.2) is 30.6 Å². The molecule has 2 rings (SSSR count). The molecule has 1 heterocycles. The smallest absolute Gasteiger partial charge is 0.165 e. The number of benzene rings is 1. The first-order valence-electron chi connectivity index (χ1n) is 5.22. The molecule has 0 aliphatic heterocycles. The number of phenols is 1. The van der Waals surface area contributed by atoms with Gasteiger partial charge in [0.05, 0.1) is 6.20 Å². The van der Waals surface area contributed by atoms with Gasteiger partial charge < -0.3 is 5.11 Å². The van der Waals surface area contributed by atoms with Crippen LogP contribution in [0.25, 0.3) is 11.1 Å². The number of hydrogen-bond acceptors (Lipinski definition) is 2. The Bertz CT molecular complexity index is 494. The van der Waals surface area contributed by atoms with Gasteiger partial charge in [0.2, 0.25) is 0 Å². The van der Waals surface area contributed by atoms with E-state index >= 15 is 0 Å². The topological polar surface area (TPSA) is 38.0 Å². The van der Waals surface area contributed by atoms with Crippen LogP contribution >= 0.6 is 0 Å². The van der Waals surface area contributed by atoms with Crippen molar-refractivity contribution >= 4 is 0 Å². The van der Waals surface area contributed by atoms with Crippen LogP contribution in [-0.2, 0) is 6.54 Å². The van der Waals surface area contributed by atoms with E-state index in [1.54, 1.807) is 12.3 Å². The number of nitrogens with zero attached hydrogens (tertiary/aromatic N) is 2. The second kappa shape index (κ2) is 4.35. The summed E-state index contributed by atoms with van der Waals surface area (Å²) in [5, 5.41) is 13.3. The maximum absolute atomic E-state index is 13.1. The van der Waals surface area contributed by atoms with Gasteiger partial charge in [-0.15, -0.1) is 0 Å². The molecular weight excluding hydrogens is 207 g/mol. The number of phenolic OH excluding ortho intramolecular Hbond substituents is 1. The Hall–Kier alpha value is -1.84. The molecule has 2 aromatic rings. The maximum Gasteiger partial charge on any atom is 0.165 e. The fourth-order valence-corrected chi connectivity index (χ4v) is 1.55. The Kier molecular flexibility index (Phi) is 2.90. The van der Waals surface area contributed by atoms with Crippen LogP contribution in [0.4, 0.5) is 4.39 Å². The zero-order valence-electron chi connectivity index (χ0n) is 9.02. The molecule has 0 aliphatic carbocycles. The Balaban J connectivity index is 2.31. The summed E-state index contributed by atoms with van der Waals surface area (Å²) in [7, 11) is 0. The quantitative estimate of drug-likeness (QED) is 0.863. The number of aromatic nitrogens is 2.